The van der Waals surface area contributed by atoms with Gasteiger partial charge in [0.15, 0.2) is 0 Å². The molecule has 0 N–H and O–H groups in total. The van der Waals surface area contributed by atoms with E-state index in [1.807, 2.05) is 41.0 Å². The fraction of sp³-hybridized carbons (Fsp3) is 0.467. The lowest BCUT2D eigenvalue weighted by atomic mass is 10.1. The molecule has 0 bridgehead atoms. The van der Waals surface area contributed by atoms with Crippen molar-refractivity contribution in [2.24, 2.45) is 7.05 Å². The summed E-state index contributed by atoms with van der Waals surface area (Å²) in [5.41, 5.74) is 1.79. The Labute approximate surface area is 113 Å². The quantitative estimate of drug-likeness (QED) is 0.787. The molecule has 0 atom stereocenters. The molecule has 1 fully saturated rings. The number of aryl methyl sites for hydroxylation is 1. The lowest BCUT2D eigenvalue weighted by Gasteiger charge is -2.20. The Bertz CT molecular complexity index is 594. The maximum atomic E-state index is 12.5. The van der Waals surface area contributed by atoms with Gasteiger partial charge in [0.05, 0.1) is 11.7 Å². The number of fused-ring (bicyclic) bond motifs is 1. The van der Waals surface area contributed by atoms with Crippen LogP contribution in [-0.2, 0) is 7.05 Å². The maximum absolute atomic E-state index is 12.5. The van der Waals surface area contributed by atoms with Crippen LogP contribution in [0.25, 0.3) is 10.9 Å². The normalized spacial score (nSPS) is 16.6. The Morgan fingerprint density at radius 2 is 1.89 bits per heavy atom. The number of hydrogen-bond acceptors (Lipinski definition) is 2. The van der Waals surface area contributed by atoms with Crippen molar-refractivity contribution in [1.82, 2.24) is 14.7 Å². The summed E-state index contributed by atoms with van der Waals surface area (Å²) < 4.78 is 1.81. The van der Waals surface area contributed by atoms with Gasteiger partial charge in [-0.25, -0.2) is 0 Å². The van der Waals surface area contributed by atoms with Crippen molar-refractivity contribution in [3.05, 3.63) is 30.0 Å². The van der Waals surface area contributed by atoms with Crippen molar-refractivity contribution >= 4 is 16.8 Å². The highest BCUT2D eigenvalue weighted by molar-refractivity contribution is 5.97. The molecule has 0 aliphatic carbocycles. The number of carbonyl (C=O) groups is 1. The second-order valence-corrected chi connectivity index (χ2v) is 5.25. The summed E-state index contributed by atoms with van der Waals surface area (Å²) in [4.78, 5) is 14.5. The predicted molar refractivity (Wildman–Crippen MR) is 75.1 cm³/mol. The lowest BCUT2D eigenvalue weighted by molar-refractivity contribution is 0.0762. The molecule has 2 aromatic rings. The number of hydrogen-bond donors (Lipinski definition) is 0. The molecule has 2 heterocycles. The van der Waals surface area contributed by atoms with E-state index in [2.05, 4.69) is 5.10 Å². The minimum absolute atomic E-state index is 0.157. The molecule has 4 heteroatoms. The van der Waals surface area contributed by atoms with Gasteiger partial charge >= 0.3 is 0 Å². The third-order valence-electron chi connectivity index (χ3n) is 3.89. The van der Waals surface area contributed by atoms with Gasteiger partial charge in [-0.2, -0.15) is 5.10 Å². The van der Waals surface area contributed by atoms with Crippen molar-refractivity contribution in [3.8, 4) is 0 Å². The first-order valence-electron chi connectivity index (χ1n) is 6.97. The lowest BCUT2D eigenvalue weighted by Crippen LogP contribution is -2.31. The van der Waals surface area contributed by atoms with Gasteiger partial charge in [-0.3, -0.25) is 9.48 Å². The van der Waals surface area contributed by atoms with Crippen LogP contribution in [0.15, 0.2) is 24.4 Å². The molecule has 1 aliphatic rings. The topological polar surface area (TPSA) is 38.1 Å². The van der Waals surface area contributed by atoms with Crippen LogP contribution < -0.4 is 0 Å². The smallest absolute Gasteiger partial charge is 0.253 e. The van der Waals surface area contributed by atoms with Gasteiger partial charge in [0.1, 0.15) is 0 Å². The number of amides is 1. The molecule has 100 valence electrons. The Kier molecular flexibility index (Phi) is 3.23. The van der Waals surface area contributed by atoms with Crippen LogP contribution in [-0.4, -0.2) is 33.7 Å². The second kappa shape index (κ2) is 5.03. The Morgan fingerprint density at radius 1 is 1.16 bits per heavy atom. The SMILES string of the molecule is Cn1ncc2ccc(C(=O)N3CCCCCC3)cc21. The van der Waals surface area contributed by atoms with Gasteiger partial charge in [0.2, 0.25) is 0 Å². The highest BCUT2D eigenvalue weighted by Crippen LogP contribution is 2.18. The molecule has 1 saturated heterocycles. The third-order valence-corrected chi connectivity index (χ3v) is 3.89. The van der Waals surface area contributed by atoms with E-state index in [4.69, 9.17) is 0 Å². The average Bonchev–Trinajstić information content (AvgIpc) is 2.67. The third kappa shape index (κ3) is 2.35. The average molecular weight is 257 g/mol. The first-order valence-corrected chi connectivity index (χ1v) is 6.97. The van der Waals surface area contributed by atoms with E-state index in [0.29, 0.717) is 0 Å². The molecule has 19 heavy (non-hydrogen) atoms. The molecule has 1 aromatic heterocycles. The summed E-state index contributed by atoms with van der Waals surface area (Å²) in [6.07, 6.45) is 6.56. The van der Waals surface area contributed by atoms with Crippen molar-refractivity contribution in [1.29, 1.82) is 0 Å². The van der Waals surface area contributed by atoms with E-state index in [0.717, 1.165) is 42.4 Å². The van der Waals surface area contributed by atoms with Gasteiger partial charge in [0, 0.05) is 31.1 Å². The minimum Gasteiger partial charge on any atom is -0.339 e. The first kappa shape index (κ1) is 12.2. The molecule has 4 nitrogen and oxygen atoms in total. The number of benzene rings is 1. The van der Waals surface area contributed by atoms with Crippen LogP contribution in [0.4, 0.5) is 0 Å². The van der Waals surface area contributed by atoms with Crippen molar-refractivity contribution in [2.75, 3.05) is 13.1 Å². The van der Waals surface area contributed by atoms with Gasteiger partial charge in [-0.15, -0.1) is 0 Å². The van der Waals surface area contributed by atoms with Gasteiger partial charge in [-0.05, 0) is 25.0 Å². The summed E-state index contributed by atoms with van der Waals surface area (Å²) in [5.74, 6) is 0.157. The van der Waals surface area contributed by atoms with Gasteiger partial charge < -0.3 is 4.90 Å². The van der Waals surface area contributed by atoms with E-state index in [1.165, 1.54) is 12.8 Å². The van der Waals surface area contributed by atoms with Crippen LogP contribution >= 0.6 is 0 Å². The second-order valence-electron chi connectivity index (χ2n) is 5.25. The summed E-state index contributed by atoms with van der Waals surface area (Å²) in [6, 6.07) is 5.85. The highest BCUT2D eigenvalue weighted by Gasteiger charge is 2.17. The van der Waals surface area contributed by atoms with Crippen LogP contribution in [0, 0.1) is 0 Å². The van der Waals surface area contributed by atoms with Gasteiger partial charge in [-0.1, -0.05) is 18.9 Å². The zero-order chi connectivity index (χ0) is 13.2. The fourth-order valence-corrected chi connectivity index (χ4v) is 2.73. The number of aromatic nitrogens is 2. The summed E-state index contributed by atoms with van der Waals surface area (Å²) in [7, 11) is 1.91. The molecular formula is C15H19N3O. The minimum atomic E-state index is 0.157. The molecular weight excluding hydrogens is 238 g/mol. The Morgan fingerprint density at radius 3 is 2.63 bits per heavy atom. The molecule has 0 unspecified atom stereocenters. The van der Waals surface area contributed by atoms with Crippen LogP contribution in [0.2, 0.25) is 0 Å². The van der Waals surface area contributed by atoms with Crippen LogP contribution in [0.3, 0.4) is 0 Å². The predicted octanol–water partition coefficient (Wildman–Crippen LogP) is 2.59. The number of likely N-dealkylation sites (tertiary alicyclic amines) is 1. The first-order chi connectivity index (χ1) is 9.25. The Balaban J connectivity index is 1.89. The van der Waals surface area contributed by atoms with E-state index >= 15 is 0 Å². The summed E-state index contributed by atoms with van der Waals surface area (Å²) in [5, 5.41) is 5.29. The van der Waals surface area contributed by atoms with Crippen molar-refractivity contribution < 1.29 is 4.79 Å². The summed E-state index contributed by atoms with van der Waals surface area (Å²) >= 11 is 0. The Hall–Kier alpha value is -1.84. The van der Waals surface area contributed by atoms with Crippen molar-refractivity contribution in [3.63, 3.8) is 0 Å². The van der Waals surface area contributed by atoms with E-state index in [1.54, 1.807) is 0 Å². The fourth-order valence-electron chi connectivity index (χ4n) is 2.73. The summed E-state index contributed by atoms with van der Waals surface area (Å²) in [6.45, 7) is 1.78. The molecule has 0 radical (unpaired) electrons. The molecule has 0 spiro atoms. The molecule has 1 amide bonds. The van der Waals surface area contributed by atoms with Crippen molar-refractivity contribution in [2.45, 2.75) is 25.7 Å². The van der Waals surface area contributed by atoms with E-state index < -0.39 is 0 Å². The molecule has 1 aliphatic heterocycles. The molecule has 0 saturated carbocycles. The van der Waals surface area contributed by atoms with E-state index in [-0.39, 0.29) is 5.91 Å². The van der Waals surface area contributed by atoms with Crippen LogP contribution in [0.1, 0.15) is 36.0 Å². The van der Waals surface area contributed by atoms with Gasteiger partial charge in [0.25, 0.3) is 5.91 Å². The zero-order valence-corrected chi connectivity index (χ0v) is 11.3. The number of rotatable bonds is 1. The molecule has 1 aromatic carbocycles. The highest BCUT2D eigenvalue weighted by atomic mass is 16.2. The van der Waals surface area contributed by atoms with Crippen LogP contribution in [0.5, 0.6) is 0 Å². The standard InChI is InChI=1S/C15H19N3O/c1-17-14-10-12(6-7-13(14)11-16-17)15(19)18-8-4-2-3-5-9-18/h6-7,10-11H,2-5,8-9H2,1H3. The largest absolute Gasteiger partial charge is 0.339 e. The maximum Gasteiger partial charge on any atom is 0.253 e. The monoisotopic (exact) mass is 257 g/mol. The molecule has 3 rings (SSSR count). The number of nitrogens with zero attached hydrogens (tertiary/aromatic N) is 3. The zero-order valence-electron chi connectivity index (χ0n) is 11.3. The number of carbonyl (C=O) groups excluding carboxylic acids is 1. The van der Waals surface area contributed by atoms with E-state index in [9.17, 15) is 4.79 Å².